The first kappa shape index (κ1) is 14.8. The van der Waals surface area contributed by atoms with Crippen molar-refractivity contribution in [3.63, 3.8) is 0 Å². The van der Waals surface area contributed by atoms with Crippen LogP contribution in [-0.2, 0) is 0 Å². The fraction of sp³-hybridized carbons (Fsp3) is 0.333. The molecule has 2 aromatic carbocycles. The van der Waals surface area contributed by atoms with Crippen molar-refractivity contribution in [2.24, 2.45) is 0 Å². The van der Waals surface area contributed by atoms with Crippen LogP contribution in [0.25, 0.3) is 32.7 Å². The summed E-state index contributed by atoms with van der Waals surface area (Å²) in [6.07, 6.45) is 0. The summed E-state index contributed by atoms with van der Waals surface area (Å²) in [7, 11) is 0. The predicted molar refractivity (Wildman–Crippen MR) is 94.2 cm³/mol. The van der Waals surface area contributed by atoms with Crippen LogP contribution in [0, 0.1) is 41.5 Å². The van der Waals surface area contributed by atoms with E-state index in [0.717, 1.165) is 33.1 Å². The molecule has 6 nitrogen and oxygen atoms in total. The van der Waals surface area contributed by atoms with E-state index in [1.165, 1.54) is 27.6 Å². The third-order valence-corrected chi connectivity index (χ3v) is 5.41. The largest absolute Gasteiger partial charge is 0.155 e. The molecule has 0 fully saturated rings. The quantitative estimate of drug-likeness (QED) is 0.463. The summed E-state index contributed by atoms with van der Waals surface area (Å²) >= 11 is 0. The van der Waals surface area contributed by atoms with Crippen LogP contribution in [0.3, 0.4) is 0 Å². The third kappa shape index (κ3) is 1.71. The maximum Gasteiger partial charge on any atom is 0.144 e. The summed E-state index contributed by atoms with van der Waals surface area (Å²) < 4.78 is 0. The molecule has 0 radical (unpaired) electrons. The van der Waals surface area contributed by atoms with E-state index < -0.39 is 0 Å². The van der Waals surface area contributed by atoms with Crippen LogP contribution < -0.4 is 0 Å². The van der Waals surface area contributed by atoms with E-state index >= 15 is 0 Å². The molecular formula is C18H18N6. The van der Waals surface area contributed by atoms with Crippen LogP contribution in [0.4, 0.5) is 0 Å². The van der Waals surface area contributed by atoms with Crippen molar-refractivity contribution in [1.29, 1.82) is 0 Å². The summed E-state index contributed by atoms with van der Waals surface area (Å²) in [5.74, 6) is 0. The molecule has 0 aliphatic heterocycles. The maximum absolute atomic E-state index is 4.42. The Balaban J connectivity index is 2.53. The fourth-order valence-corrected chi connectivity index (χ4v) is 3.55. The minimum Gasteiger partial charge on any atom is -0.155 e. The van der Waals surface area contributed by atoms with Gasteiger partial charge in [-0.05, 0) is 85.2 Å². The Morgan fingerprint density at radius 2 is 0.917 bits per heavy atom. The van der Waals surface area contributed by atoms with Gasteiger partial charge < -0.3 is 0 Å². The van der Waals surface area contributed by atoms with Crippen molar-refractivity contribution in [3.05, 3.63) is 33.5 Å². The molecule has 0 atom stereocenters. The number of benzene rings is 2. The Kier molecular flexibility index (Phi) is 3.00. The lowest BCUT2D eigenvalue weighted by Gasteiger charge is -2.18. The molecular weight excluding hydrogens is 300 g/mol. The SMILES string of the molecule is Cc1nnc2c3nnnnc3c3c(C)c(C)c(C)c(C)c3c2c1C. The number of hydrogen-bond acceptors (Lipinski definition) is 6. The Morgan fingerprint density at radius 3 is 1.58 bits per heavy atom. The van der Waals surface area contributed by atoms with E-state index in [-0.39, 0.29) is 0 Å². The van der Waals surface area contributed by atoms with Crippen molar-refractivity contribution in [2.75, 3.05) is 0 Å². The smallest absolute Gasteiger partial charge is 0.144 e. The van der Waals surface area contributed by atoms with Gasteiger partial charge >= 0.3 is 0 Å². The molecule has 0 bridgehead atoms. The molecule has 0 aliphatic carbocycles. The molecule has 24 heavy (non-hydrogen) atoms. The van der Waals surface area contributed by atoms with E-state index in [9.17, 15) is 0 Å². The summed E-state index contributed by atoms with van der Waals surface area (Å²) in [5, 5.41) is 28.1. The lowest BCUT2D eigenvalue weighted by Crippen LogP contribution is -2.03. The van der Waals surface area contributed by atoms with Gasteiger partial charge in [0, 0.05) is 10.8 Å². The maximum atomic E-state index is 4.42. The molecule has 0 saturated heterocycles. The zero-order valence-electron chi connectivity index (χ0n) is 14.7. The molecule has 6 heteroatoms. The second kappa shape index (κ2) is 4.87. The van der Waals surface area contributed by atoms with Crippen LogP contribution in [0.1, 0.15) is 33.5 Å². The zero-order valence-corrected chi connectivity index (χ0v) is 14.7. The van der Waals surface area contributed by atoms with Gasteiger partial charge in [0.1, 0.15) is 16.6 Å². The van der Waals surface area contributed by atoms with Gasteiger partial charge in [-0.25, -0.2) is 0 Å². The van der Waals surface area contributed by atoms with Crippen molar-refractivity contribution >= 4 is 32.7 Å². The highest BCUT2D eigenvalue weighted by molar-refractivity contribution is 6.24. The molecule has 0 N–H and O–H groups in total. The van der Waals surface area contributed by atoms with Gasteiger partial charge in [-0.15, -0.1) is 15.3 Å². The van der Waals surface area contributed by atoms with Gasteiger partial charge in [0.15, 0.2) is 0 Å². The molecule has 0 aliphatic rings. The number of fused-ring (bicyclic) bond motifs is 6. The second-order valence-corrected chi connectivity index (χ2v) is 6.46. The number of nitrogens with zero attached hydrogens (tertiary/aromatic N) is 6. The van der Waals surface area contributed by atoms with Crippen LogP contribution >= 0.6 is 0 Å². The monoisotopic (exact) mass is 318 g/mol. The Morgan fingerprint density at radius 1 is 0.417 bits per heavy atom. The number of aromatic nitrogens is 6. The number of hydrogen-bond donors (Lipinski definition) is 0. The highest BCUT2D eigenvalue weighted by atomic mass is 15.4. The van der Waals surface area contributed by atoms with Gasteiger partial charge in [-0.1, -0.05) is 0 Å². The van der Waals surface area contributed by atoms with Gasteiger partial charge in [0.05, 0.1) is 5.69 Å². The van der Waals surface area contributed by atoms with Crippen molar-refractivity contribution in [3.8, 4) is 0 Å². The molecule has 120 valence electrons. The topological polar surface area (TPSA) is 77.3 Å². The number of rotatable bonds is 0. The van der Waals surface area contributed by atoms with E-state index in [2.05, 4.69) is 65.4 Å². The first-order valence-corrected chi connectivity index (χ1v) is 7.94. The summed E-state index contributed by atoms with van der Waals surface area (Å²) in [6, 6.07) is 0. The first-order chi connectivity index (χ1) is 11.4. The predicted octanol–water partition coefficient (Wildman–Crippen LogP) is 3.37. The minimum atomic E-state index is 0.661. The van der Waals surface area contributed by atoms with Crippen molar-refractivity contribution < 1.29 is 0 Å². The fourth-order valence-electron chi connectivity index (χ4n) is 3.55. The standard InChI is InChI=1S/C18H18N6/c1-7-8(2)10(4)14-13(9(7)3)15-11(5)12(6)19-20-16(15)18-17(14)21-23-24-22-18/h1-6H3. The van der Waals surface area contributed by atoms with Gasteiger partial charge in [0.2, 0.25) is 0 Å². The Hall–Kier alpha value is -2.76. The highest BCUT2D eigenvalue weighted by Crippen LogP contribution is 2.39. The molecule has 4 rings (SSSR count). The molecule has 0 saturated carbocycles. The van der Waals surface area contributed by atoms with Crippen LogP contribution in [0.15, 0.2) is 0 Å². The van der Waals surface area contributed by atoms with Crippen LogP contribution in [-0.4, -0.2) is 30.8 Å². The van der Waals surface area contributed by atoms with Gasteiger partial charge in [0.25, 0.3) is 0 Å². The van der Waals surface area contributed by atoms with Crippen molar-refractivity contribution in [1.82, 2.24) is 30.8 Å². The minimum absolute atomic E-state index is 0.661. The van der Waals surface area contributed by atoms with E-state index in [4.69, 9.17) is 0 Å². The highest BCUT2D eigenvalue weighted by Gasteiger charge is 2.21. The lowest BCUT2D eigenvalue weighted by atomic mass is 9.87. The van der Waals surface area contributed by atoms with Gasteiger partial charge in [-0.3, -0.25) is 0 Å². The lowest BCUT2D eigenvalue weighted by molar-refractivity contribution is 0.799. The van der Waals surface area contributed by atoms with Crippen LogP contribution in [0.5, 0.6) is 0 Å². The Labute approximate surface area is 139 Å². The summed E-state index contributed by atoms with van der Waals surface area (Å²) in [6.45, 7) is 12.7. The zero-order chi connectivity index (χ0) is 17.2. The first-order valence-electron chi connectivity index (χ1n) is 7.94. The molecule has 0 unspecified atom stereocenters. The average Bonchev–Trinajstić information content (AvgIpc) is 2.59. The molecule has 4 aromatic rings. The van der Waals surface area contributed by atoms with E-state index in [0.29, 0.717) is 5.52 Å². The molecule has 0 spiro atoms. The average molecular weight is 318 g/mol. The molecule has 2 heterocycles. The van der Waals surface area contributed by atoms with E-state index in [1.807, 2.05) is 6.92 Å². The summed E-state index contributed by atoms with van der Waals surface area (Å²) in [5.41, 5.74) is 9.21. The van der Waals surface area contributed by atoms with Crippen LogP contribution in [0.2, 0.25) is 0 Å². The molecule has 2 aromatic heterocycles. The van der Waals surface area contributed by atoms with Gasteiger partial charge in [-0.2, -0.15) is 5.10 Å². The van der Waals surface area contributed by atoms with E-state index in [1.54, 1.807) is 0 Å². The number of aryl methyl sites for hydroxylation is 4. The van der Waals surface area contributed by atoms with Crippen molar-refractivity contribution in [2.45, 2.75) is 41.5 Å². The summed E-state index contributed by atoms with van der Waals surface area (Å²) in [4.78, 5) is 0. The second-order valence-electron chi connectivity index (χ2n) is 6.46. The molecule has 0 amide bonds. The normalized spacial score (nSPS) is 11.8. The Bertz CT molecular complexity index is 1140. The third-order valence-electron chi connectivity index (χ3n) is 5.41.